The van der Waals surface area contributed by atoms with Crippen LogP contribution in [-0.4, -0.2) is 178 Å². The first-order valence-electron chi connectivity index (χ1n) is 34.1. The number of aliphatic hydroxyl groups excluding tert-OH is 2. The molecule has 3 aliphatic heterocycles. The van der Waals surface area contributed by atoms with E-state index >= 15 is 0 Å². The molecule has 0 aliphatic carbocycles. The summed E-state index contributed by atoms with van der Waals surface area (Å²) in [4.78, 5) is 124. The van der Waals surface area contributed by atoms with Gasteiger partial charge in [-0.2, -0.15) is 0 Å². The summed E-state index contributed by atoms with van der Waals surface area (Å²) in [5.74, 6) is -1.37. The van der Waals surface area contributed by atoms with Crippen molar-refractivity contribution in [3.05, 3.63) is 131 Å². The molecule has 0 saturated carbocycles. The van der Waals surface area contributed by atoms with Crippen LogP contribution in [0.5, 0.6) is 0 Å². The number of epoxide rings is 1. The number of cyclic esters (lactones) is 1. The number of aliphatic hydroxyl groups is 3. The summed E-state index contributed by atoms with van der Waals surface area (Å²) in [6.07, 6.45) is 9.15. The second kappa shape index (κ2) is 37.8. The van der Waals surface area contributed by atoms with E-state index in [2.05, 4.69) is 32.5 Å². The van der Waals surface area contributed by atoms with E-state index in [4.69, 9.17) is 35.8 Å². The van der Waals surface area contributed by atoms with Crippen LogP contribution < -0.4 is 37.2 Å². The van der Waals surface area contributed by atoms with E-state index in [1.54, 1.807) is 125 Å². The Balaban J connectivity index is 1.02. The van der Waals surface area contributed by atoms with E-state index in [1.165, 1.54) is 16.7 Å². The van der Waals surface area contributed by atoms with Crippen molar-refractivity contribution in [2.75, 3.05) is 49.5 Å². The zero-order valence-corrected chi connectivity index (χ0v) is 59.0. The number of terminal acetylenes is 1. The molecule has 100 heavy (non-hydrogen) atoms. The largest absolute Gasteiger partial charge is 0.457 e. The number of hydrogen-bond donors (Lipinski definition) is 9. The number of amides is 9. The number of anilines is 2. The molecular weight excluding hydrogens is 1290 g/mol. The van der Waals surface area contributed by atoms with Crippen LogP contribution in [0.25, 0.3) is 0 Å². The second-order valence-electron chi connectivity index (χ2n) is 26.7. The summed E-state index contributed by atoms with van der Waals surface area (Å²) >= 11 is 0. The predicted octanol–water partition coefficient (Wildman–Crippen LogP) is 7.34. The molecule has 3 aliphatic rings. The topological polar surface area (TPSA) is 360 Å². The number of nitrogens with zero attached hydrogens (tertiary/aromatic N) is 3. The zero-order valence-electron chi connectivity index (χ0n) is 59.0. The fourth-order valence-corrected chi connectivity index (χ4v) is 11.9. The molecule has 10 N–H and O–H groups in total. The average Bonchev–Trinajstić information content (AvgIpc) is 1.68. The number of urea groups is 2. The second-order valence-corrected chi connectivity index (χ2v) is 26.7. The van der Waals surface area contributed by atoms with Gasteiger partial charge in [-0.15, -0.1) is 6.42 Å². The Hall–Kier alpha value is -9.29. The molecular formula is C74H101N9O17. The summed E-state index contributed by atoms with van der Waals surface area (Å²) < 4.78 is 29.4. The summed E-state index contributed by atoms with van der Waals surface area (Å²) in [6.45, 7) is 17.5. The number of aryl methyl sites for hydroxylation is 1. The third kappa shape index (κ3) is 24.6. The Labute approximate surface area is 586 Å². The molecule has 26 heteroatoms. The van der Waals surface area contributed by atoms with Crippen molar-refractivity contribution in [2.24, 2.45) is 23.5 Å². The van der Waals surface area contributed by atoms with E-state index in [0.29, 0.717) is 40.9 Å². The Kier molecular flexibility index (Phi) is 30.1. The summed E-state index contributed by atoms with van der Waals surface area (Å²) in [7, 11) is 0. The monoisotopic (exact) mass is 1390 g/mol. The first-order valence-corrected chi connectivity index (χ1v) is 34.1. The lowest BCUT2D eigenvalue weighted by molar-refractivity contribution is -0.168. The highest BCUT2D eigenvalue weighted by molar-refractivity contribution is 5.99. The molecule has 12 atom stereocenters. The number of hydrogen-bond acceptors (Lipinski definition) is 17. The first kappa shape index (κ1) is 79.7. The normalized spacial score (nSPS) is 22.4. The molecule has 3 aromatic rings. The number of piperazine rings is 1. The number of allylic oxidation sites excluding steroid dienone is 2. The van der Waals surface area contributed by atoms with Crippen molar-refractivity contribution in [2.45, 2.75) is 194 Å². The Morgan fingerprint density at radius 3 is 2.23 bits per heavy atom. The number of para-hydroxylation sites is 1. The highest BCUT2D eigenvalue weighted by Gasteiger charge is 2.47. The lowest BCUT2D eigenvalue weighted by Crippen LogP contribution is -2.56. The fraction of sp³-hybridized carbons (Fsp3) is 0.527. The van der Waals surface area contributed by atoms with Crippen molar-refractivity contribution in [3.63, 3.8) is 0 Å². The quantitative estimate of drug-likeness (QED) is 0.00652. The van der Waals surface area contributed by atoms with Gasteiger partial charge < -0.3 is 86.0 Å². The predicted molar refractivity (Wildman–Crippen MR) is 374 cm³/mol. The van der Waals surface area contributed by atoms with Gasteiger partial charge in [-0.1, -0.05) is 113 Å². The third-order valence-corrected chi connectivity index (χ3v) is 18.0. The van der Waals surface area contributed by atoms with Gasteiger partial charge >= 0.3 is 36.2 Å². The smallest absolute Gasteiger partial charge is 0.410 e. The van der Waals surface area contributed by atoms with E-state index in [1.807, 2.05) is 45.0 Å². The van der Waals surface area contributed by atoms with Gasteiger partial charge in [-0.05, 0) is 118 Å². The third-order valence-electron chi connectivity index (χ3n) is 18.0. The molecule has 3 heterocycles. The maximum atomic E-state index is 14.0. The van der Waals surface area contributed by atoms with Gasteiger partial charge in [0.05, 0.1) is 48.7 Å². The molecule has 0 aromatic heterocycles. The van der Waals surface area contributed by atoms with Gasteiger partial charge in [0.1, 0.15) is 30.4 Å². The number of rotatable bonds is 28. The zero-order chi connectivity index (χ0) is 73.4. The minimum Gasteiger partial charge on any atom is -0.457 e. The highest BCUT2D eigenvalue weighted by atomic mass is 16.6. The number of nitrogens with one attached hydrogen (secondary N) is 5. The van der Waals surface area contributed by atoms with Crippen molar-refractivity contribution in [1.82, 2.24) is 31.1 Å². The Bertz CT molecular complexity index is 3450. The summed E-state index contributed by atoms with van der Waals surface area (Å²) in [6, 6.07) is 17.4. The van der Waals surface area contributed by atoms with Crippen LogP contribution in [0.15, 0.2) is 109 Å². The lowest BCUT2D eigenvalue weighted by Gasteiger charge is -2.38. The van der Waals surface area contributed by atoms with Crippen molar-refractivity contribution in [1.29, 1.82) is 0 Å². The molecule has 3 aromatic carbocycles. The number of carbonyl (C=O) groups excluding carboxylic acids is 9. The van der Waals surface area contributed by atoms with E-state index in [0.717, 1.165) is 11.1 Å². The minimum absolute atomic E-state index is 0.00987. The minimum atomic E-state index is -1.51. The molecule has 6 rings (SSSR count). The van der Waals surface area contributed by atoms with Gasteiger partial charge in [0.25, 0.3) is 0 Å². The van der Waals surface area contributed by atoms with Gasteiger partial charge in [0.15, 0.2) is 6.10 Å². The van der Waals surface area contributed by atoms with Crippen molar-refractivity contribution in [3.8, 4) is 12.3 Å². The van der Waals surface area contributed by atoms with Crippen LogP contribution in [-0.2, 0) is 60.8 Å². The first-order chi connectivity index (χ1) is 47.4. The maximum absolute atomic E-state index is 14.0. The summed E-state index contributed by atoms with van der Waals surface area (Å²) in [5, 5.41) is 45.9. The Morgan fingerprint density at radius 2 is 1.58 bits per heavy atom. The Morgan fingerprint density at radius 1 is 0.910 bits per heavy atom. The number of esters is 2. The highest BCUT2D eigenvalue weighted by Crippen LogP contribution is 2.38. The fourth-order valence-electron chi connectivity index (χ4n) is 11.9. The molecule has 0 spiro atoms. The van der Waals surface area contributed by atoms with Crippen LogP contribution in [0.4, 0.5) is 30.6 Å². The molecule has 26 nitrogen and oxygen atoms in total. The van der Waals surface area contributed by atoms with E-state index in [-0.39, 0.29) is 115 Å². The maximum Gasteiger partial charge on any atom is 0.410 e. The average molecular weight is 1390 g/mol. The van der Waals surface area contributed by atoms with Crippen LogP contribution in [0.1, 0.15) is 136 Å². The molecule has 2 saturated heterocycles. The van der Waals surface area contributed by atoms with Gasteiger partial charge in [0.2, 0.25) is 17.7 Å². The molecule has 544 valence electrons. The van der Waals surface area contributed by atoms with Gasteiger partial charge in [-0.3, -0.25) is 24.0 Å². The van der Waals surface area contributed by atoms with Crippen LogP contribution >= 0.6 is 0 Å². The van der Waals surface area contributed by atoms with Crippen LogP contribution in [0.3, 0.4) is 0 Å². The molecule has 9 amide bonds. The van der Waals surface area contributed by atoms with Crippen molar-refractivity contribution < 1.29 is 82.2 Å². The number of benzene rings is 3. The molecule has 0 bridgehead atoms. The summed E-state index contributed by atoms with van der Waals surface area (Å²) in [5.41, 5.74) is 6.96. The molecule has 0 unspecified atom stereocenters. The number of carbonyl (C=O) groups is 9. The van der Waals surface area contributed by atoms with Gasteiger partial charge in [-0.25, -0.2) is 19.2 Å². The van der Waals surface area contributed by atoms with Gasteiger partial charge in [0, 0.05) is 82.1 Å². The van der Waals surface area contributed by atoms with Crippen LogP contribution in [0, 0.1) is 37.0 Å². The standard InChI is InChI=1S/C74H101N9O17/c1-12-53-22-16-17-25-58(53)83(44-54-23-15-14-20-47(54)5)62(87)33-37-77-70(92)80-64(46(3)4)68(90)79-57(24-19-36-76-69(75)91)67(89)78-55-29-27-52(28-30-55)45-96-71(93)81-38-40-82(41-39-81)72(94)98-61-31-26-49(7)65(99-63(88)42-56(85)32-35-74(61,11)100-51(9)84)48(6)21-18-34-73(10,95)43-60-66(97-60)50(8)59(86)13-2/h1,14-18,20-23,25-31,34,46,49-50,56-57,59-61,64-66,85-86,95H,13,19,24,32-33,35-45H2,2-11H3,(H,78,89)(H,79,90)(H3,75,76,91)(H2,77,80,92)/b31-26+,34-18+,48-21+/t49-,50+,56+,57-,59-,60+,61-,64-,65+,66+,73-,74+/m0/s1. The van der Waals surface area contributed by atoms with E-state index < -0.39 is 108 Å². The number of nitrogens with two attached hydrogens (primary N) is 1. The lowest BCUT2D eigenvalue weighted by atomic mass is 9.88. The molecule has 2 fully saturated rings. The molecule has 0 radical (unpaired) electrons. The van der Waals surface area contributed by atoms with Crippen molar-refractivity contribution >= 4 is 65.3 Å². The SMILES string of the molecule is C#Cc1ccccc1N(Cc1ccccc1C)C(=O)CCNC(=O)N[C@H](C(=O)N[C@@H](CCCNC(N)=O)C(=O)Nc1ccc(COC(=O)N2CCN(C(=O)O[C@H]3/C=C/[C@H](C)[C@@H](/C(C)=C/C=C/[C@](C)(O)C[C@H]4O[C@@H]4[C@H](C)[C@@H](O)CC)OC(=O)C[C@H](O)CC[C@@]3(C)OC(C)=O)CC2)cc1)C(C)C. The number of ether oxygens (including phenoxy) is 5. The van der Waals surface area contributed by atoms with E-state index in [9.17, 15) is 58.5 Å². The van der Waals surface area contributed by atoms with Crippen LogP contribution in [0.2, 0.25) is 0 Å². The number of primary amides is 1.